The normalized spacial score (nSPS) is 17.1. The van der Waals surface area contributed by atoms with Gasteiger partial charge in [-0.25, -0.2) is 4.79 Å². The van der Waals surface area contributed by atoms with E-state index in [0.717, 1.165) is 6.42 Å². The predicted octanol–water partition coefficient (Wildman–Crippen LogP) is 2.33. The van der Waals surface area contributed by atoms with E-state index < -0.39 is 0 Å². The summed E-state index contributed by atoms with van der Waals surface area (Å²) in [6, 6.07) is 13.4. The molecule has 3 rings (SSSR count). The van der Waals surface area contributed by atoms with Crippen molar-refractivity contribution in [2.24, 2.45) is 5.92 Å². The first kappa shape index (κ1) is 16.2. The van der Waals surface area contributed by atoms with Gasteiger partial charge in [-0.2, -0.15) is 0 Å². The Hall–Kier alpha value is -2.69. The third-order valence-corrected chi connectivity index (χ3v) is 4.17. The van der Waals surface area contributed by atoms with E-state index in [1.807, 2.05) is 23.1 Å². The molecule has 1 aromatic carbocycles. The molecule has 2 aromatic rings. The van der Waals surface area contributed by atoms with Crippen LogP contribution in [0.25, 0.3) is 0 Å². The summed E-state index contributed by atoms with van der Waals surface area (Å²) in [4.78, 5) is 29.8. The molecule has 1 atom stereocenters. The van der Waals surface area contributed by atoms with Gasteiger partial charge >= 0.3 is 5.97 Å². The fourth-order valence-corrected chi connectivity index (χ4v) is 2.86. The summed E-state index contributed by atoms with van der Waals surface area (Å²) >= 11 is 0. The molecule has 1 aliphatic heterocycles. The molecule has 0 radical (unpaired) electrons. The van der Waals surface area contributed by atoms with Gasteiger partial charge in [-0.3, -0.25) is 9.78 Å². The molecule has 0 saturated carbocycles. The van der Waals surface area contributed by atoms with Crippen molar-refractivity contribution in [3.63, 3.8) is 0 Å². The van der Waals surface area contributed by atoms with Crippen LogP contribution in [0.5, 0.6) is 0 Å². The quantitative estimate of drug-likeness (QED) is 0.765. The van der Waals surface area contributed by atoms with Crippen LogP contribution in [-0.2, 0) is 16.0 Å². The second-order valence-corrected chi connectivity index (χ2v) is 5.98. The van der Waals surface area contributed by atoms with Crippen LogP contribution in [0.2, 0.25) is 0 Å². The summed E-state index contributed by atoms with van der Waals surface area (Å²) in [5.74, 6) is -0.164. The summed E-state index contributed by atoms with van der Waals surface area (Å²) in [5, 5.41) is 0. The zero-order valence-electron chi connectivity index (χ0n) is 13.4. The number of pyridine rings is 1. The predicted molar refractivity (Wildman–Crippen MR) is 89.4 cm³/mol. The number of likely N-dealkylation sites (tertiary alicyclic amines) is 1. The minimum absolute atomic E-state index is 0.0686. The highest BCUT2D eigenvalue weighted by molar-refractivity contribution is 5.89. The lowest BCUT2D eigenvalue weighted by Gasteiger charge is -2.16. The van der Waals surface area contributed by atoms with E-state index >= 15 is 0 Å². The Morgan fingerprint density at radius 2 is 1.92 bits per heavy atom. The first-order valence-corrected chi connectivity index (χ1v) is 8.11. The third-order valence-electron chi connectivity index (χ3n) is 4.17. The Morgan fingerprint density at radius 1 is 1.17 bits per heavy atom. The number of carbonyl (C=O) groups excluding carboxylic acids is 2. The van der Waals surface area contributed by atoms with Gasteiger partial charge in [0.1, 0.15) is 0 Å². The zero-order chi connectivity index (χ0) is 16.8. The molecule has 0 spiro atoms. The number of hydrogen-bond donors (Lipinski definition) is 0. The number of nitrogens with zero attached hydrogens (tertiary/aromatic N) is 2. The fourth-order valence-electron chi connectivity index (χ4n) is 2.86. The van der Waals surface area contributed by atoms with Crippen molar-refractivity contribution < 1.29 is 14.3 Å². The van der Waals surface area contributed by atoms with E-state index in [1.165, 1.54) is 5.56 Å². The number of carbonyl (C=O) groups is 2. The Balaban J connectivity index is 1.45. The Kier molecular flexibility index (Phi) is 5.21. The molecule has 0 bridgehead atoms. The molecule has 0 aliphatic carbocycles. The maximum atomic E-state index is 12.1. The zero-order valence-corrected chi connectivity index (χ0v) is 13.4. The topological polar surface area (TPSA) is 59.5 Å². The van der Waals surface area contributed by atoms with Gasteiger partial charge in [0.05, 0.1) is 12.2 Å². The standard InChI is InChI=1S/C19H20N2O3/c22-18-12-16(14-24-19(23)17-6-9-20-10-7-17)13-21(18)11-8-15-4-2-1-3-5-15/h1-7,9-10,16H,8,11-14H2/t16-/m1/s1. The van der Waals surface area contributed by atoms with E-state index in [4.69, 9.17) is 4.74 Å². The van der Waals surface area contributed by atoms with Gasteiger partial charge in [-0.1, -0.05) is 30.3 Å². The van der Waals surface area contributed by atoms with Gasteiger partial charge < -0.3 is 9.64 Å². The van der Waals surface area contributed by atoms with Crippen LogP contribution in [0, 0.1) is 5.92 Å². The van der Waals surface area contributed by atoms with Crippen molar-refractivity contribution in [1.29, 1.82) is 0 Å². The Labute approximate surface area is 141 Å². The molecule has 1 amide bonds. The molecule has 1 aliphatic rings. The first-order valence-electron chi connectivity index (χ1n) is 8.11. The van der Waals surface area contributed by atoms with Gasteiger partial charge in [0, 0.05) is 37.8 Å². The maximum absolute atomic E-state index is 12.1. The lowest BCUT2D eigenvalue weighted by Crippen LogP contribution is -2.28. The van der Waals surface area contributed by atoms with Crippen molar-refractivity contribution in [2.75, 3.05) is 19.7 Å². The second-order valence-electron chi connectivity index (χ2n) is 5.98. The molecule has 1 aromatic heterocycles. The first-order chi connectivity index (χ1) is 11.7. The number of amides is 1. The molecule has 1 saturated heterocycles. The summed E-state index contributed by atoms with van der Waals surface area (Å²) < 4.78 is 5.33. The Morgan fingerprint density at radius 3 is 2.67 bits per heavy atom. The molecule has 2 heterocycles. The number of aromatic nitrogens is 1. The van der Waals surface area contributed by atoms with E-state index in [2.05, 4.69) is 17.1 Å². The molecule has 5 heteroatoms. The minimum Gasteiger partial charge on any atom is -0.462 e. The lowest BCUT2D eigenvalue weighted by atomic mass is 10.1. The van der Waals surface area contributed by atoms with E-state index in [0.29, 0.717) is 25.1 Å². The van der Waals surface area contributed by atoms with Gasteiger partial charge in [0.15, 0.2) is 0 Å². The van der Waals surface area contributed by atoms with Gasteiger partial charge in [-0.15, -0.1) is 0 Å². The van der Waals surface area contributed by atoms with Gasteiger partial charge in [-0.05, 0) is 24.1 Å². The van der Waals surface area contributed by atoms with E-state index in [-0.39, 0.29) is 24.4 Å². The maximum Gasteiger partial charge on any atom is 0.338 e. The van der Waals surface area contributed by atoms with Crippen LogP contribution < -0.4 is 0 Å². The molecular weight excluding hydrogens is 304 g/mol. The van der Waals surface area contributed by atoms with Gasteiger partial charge in [0.2, 0.25) is 5.91 Å². The molecule has 5 nitrogen and oxygen atoms in total. The highest BCUT2D eigenvalue weighted by Gasteiger charge is 2.30. The number of hydrogen-bond acceptors (Lipinski definition) is 4. The number of benzene rings is 1. The highest BCUT2D eigenvalue weighted by Crippen LogP contribution is 2.19. The highest BCUT2D eigenvalue weighted by atomic mass is 16.5. The molecule has 1 fully saturated rings. The second kappa shape index (κ2) is 7.73. The summed E-state index contributed by atoms with van der Waals surface area (Å²) in [6.45, 7) is 1.63. The van der Waals surface area contributed by atoms with Crippen molar-refractivity contribution in [2.45, 2.75) is 12.8 Å². The molecule has 0 unspecified atom stereocenters. The van der Waals surface area contributed by atoms with Crippen molar-refractivity contribution in [3.05, 3.63) is 66.0 Å². The average molecular weight is 324 g/mol. The molecule has 0 N–H and O–H groups in total. The fraction of sp³-hybridized carbons (Fsp3) is 0.316. The van der Waals surface area contributed by atoms with Crippen LogP contribution in [0.15, 0.2) is 54.9 Å². The number of esters is 1. The van der Waals surface area contributed by atoms with Gasteiger partial charge in [0.25, 0.3) is 0 Å². The van der Waals surface area contributed by atoms with Crippen LogP contribution in [0.1, 0.15) is 22.3 Å². The van der Waals surface area contributed by atoms with Crippen LogP contribution >= 0.6 is 0 Å². The smallest absolute Gasteiger partial charge is 0.338 e. The average Bonchev–Trinajstić information content (AvgIpc) is 2.99. The summed E-state index contributed by atoms with van der Waals surface area (Å²) in [6.07, 6.45) is 4.40. The van der Waals surface area contributed by atoms with Crippen molar-refractivity contribution in [3.8, 4) is 0 Å². The SMILES string of the molecule is O=C(OC[C@@H]1CC(=O)N(CCc2ccccc2)C1)c1ccncc1. The lowest BCUT2D eigenvalue weighted by molar-refractivity contribution is -0.127. The molecule has 24 heavy (non-hydrogen) atoms. The Bertz CT molecular complexity index is 688. The van der Waals surface area contributed by atoms with E-state index in [1.54, 1.807) is 24.5 Å². The number of rotatable bonds is 6. The van der Waals surface area contributed by atoms with Crippen LogP contribution in [0.4, 0.5) is 0 Å². The monoisotopic (exact) mass is 324 g/mol. The molecular formula is C19H20N2O3. The van der Waals surface area contributed by atoms with Crippen LogP contribution in [0.3, 0.4) is 0 Å². The summed E-state index contributed by atoms with van der Waals surface area (Å²) in [5.41, 5.74) is 1.70. The summed E-state index contributed by atoms with van der Waals surface area (Å²) in [7, 11) is 0. The van der Waals surface area contributed by atoms with Crippen LogP contribution in [-0.4, -0.2) is 41.5 Å². The number of ether oxygens (including phenoxy) is 1. The largest absolute Gasteiger partial charge is 0.462 e. The molecule has 124 valence electrons. The van der Waals surface area contributed by atoms with E-state index in [9.17, 15) is 9.59 Å². The van der Waals surface area contributed by atoms with Crippen molar-refractivity contribution >= 4 is 11.9 Å². The minimum atomic E-state index is -0.368. The van der Waals surface area contributed by atoms with Crippen molar-refractivity contribution in [1.82, 2.24) is 9.88 Å². The third kappa shape index (κ3) is 4.19.